The van der Waals surface area contributed by atoms with Gasteiger partial charge in [-0.25, -0.2) is 19.0 Å². The van der Waals surface area contributed by atoms with Crippen LogP contribution in [0.1, 0.15) is 16.1 Å². The van der Waals surface area contributed by atoms with E-state index in [-0.39, 0.29) is 11.4 Å². The first-order valence-electron chi connectivity index (χ1n) is 5.99. The van der Waals surface area contributed by atoms with E-state index in [4.69, 9.17) is 5.11 Å². The van der Waals surface area contributed by atoms with Crippen molar-refractivity contribution in [3.05, 3.63) is 53.6 Å². The second-order valence-electron chi connectivity index (χ2n) is 4.30. The zero-order valence-electron chi connectivity index (χ0n) is 11.1. The molecule has 0 unspecified atom stereocenters. The van der Waals surface area contributed by atoms with Crippen LogP contribution < -0.4 is 10.6 Å². The lowest BCUT2D eigenvalue weighted by molar-refractivity contribution is 0.0690. The number of benzene rings is 1. The van der Waals surface area contributed by atoms with Gasteiger partial charge in [-0.3, -0.25) is 0 Å². The predicted octanol–water partition coefficient (Wildman–Crippen LogP) is 2.87. The fraction of sp³-hybridized carbons (Fsp3) is 0.0714. The molecule has 2 rings (SSSR count). The van der Waals surface area contributed by atoms with Crippen molar-refractivity contribution in [2.24, 2.45) is 0 Å². The molecule has 2 amide bonds. The van der Waals surface area contributed by atoms with E-state index in [9.17, 15) is 14.0 Å². The maximum atomic E-state index is 13.6. The Bertz CT molecular complexity index is 686. The third-order valence-corrected chi connectivity index (χ3v) is 2.61. The Morgan fingerprint density at radius 1 is 1.19 bits per heavy atom. The number of hydrogen-bond donors (Lipinski definition) is 3. The number of nitrogens with one attached hydrogen (secondary N) is 2. The molecule has 2 aromatic rings. The molecular weight excluding hydrogens is 277 g/mol. The number of aromatic nitrogens is 1. The number of amides is 2. The monoisotopic (exact) mass is 289 g/mol. The molecule has 0 saturated heterocycles. The molecule has 0 fully saturated rings. The molecule has 0 aliphatic rings. The molecule has 3 N–H and O–H groups in total. The first kappa shape index (κ1) is 14.4. The van der Waals surface area contributed by atoms with Crippen molar-refractivity contribution in [1.82, 2.24) is 4.98 Å². The van der Waals surface area contributed by atoms with Crippen molar-refractivity contribution in [2.45, 2.75) is 6.92 Å². The molecule has 0 spiro atoms. The largest absolute Gasteiger partial charge is 0.477 e. The number of aromatic carboxylic acids is 1. The molecule has 0 aliphatic heterocycles. The van der Waals surface area contributed by atoms with Gasteiger partial charge in [0.2, 0.25) is 0 Å². The summed E-state index contributed by atoms with van der Waals surface area (Å²) in [7, 11) is 0. The Kier molecular flexibility index (Phi) is 4.13. The number of urea groups is 1. The Morgan fingerprint density at radius 2 is 1.95 bits per heavy atom. The number of pyridine rings is 1. The highest BCUT2D eigenvalue weighted by molar-refractivity contribution is 5.99. The molecule has 108 valence electrons. The van der Waals surface area contributed by atoms with Gasteiger partial charge < -0.3 is 15.7 Å². The van der Waals surface area contributed by atoms with Gasteiger partial charge in [-0.15, -0.1) is 0 Å². The second kappa shape index (κ2) is 6.00. The smallest absolute Gasteiger partial charge is 0.354 e. The Balaban J connectivity index is 2.02. The Morgan fingerprint density at radius 3 is 2.52 bits per heavy atom. The number of hydrogen-bond acceptors (Lipinski definition) is 3. The van der Waals surface area contributed by atoms with E-state index in [0.29, 0.717) is 5.69 Å². The van der Waals surface area contributed by atoms with Gasteiger partial charge >= 0.3 is 12.0 Å². The third-order valence-electron chi connectivity index (χ3n) is 2.61. The van der Waals surface area contributed by atoms with Crippen LogP contribution in [0.2, 0.25) is 0 Å². The summed E-state index contributed by atoms with van der Waals surface area (Å²) in [5, 5.41) is 13.5. The molecule has 0 atom stereocenters. The normalized spacial score (nSPS) is 10.0. The minimum Gasteiger partial charge on any atom is -0.477 e. The standard InChI is InChI=1S/C14H12FN3O3/c1-8-2-4-11(10(15)6-8)18-14(21)17-9-3-5-12(13(19)20)16-7-9/h2-7H,1H3,(H,19,20)(H2,17,18,21). The minimum atomic E-state index is -1.16. The predicted molar refractivity (Wildman–Crippen MR) is 75.0 cm³/mol. The van der Waals surface area contributed by atoms with Crippen molar-refractivity contribution in [3.8, 4) is 0 Å². The van der Waals surface area contributed by atoms with Crippen molar-refractivity contribution in [2.75, 3.05) is 10.6 Å². The third kappa shape index (κ3) is 3.75. The Hall–Kier alpha value is -2.96. The van der Waals surface area contributed by atoms with E-state index < -0.39 is 17.8 Å². The summed E-state index contributed by atoms with van der Waals surface area (Å²) in [6.07, 6.45) is 1.20. The summed E-state index contributed by atoms with van der Waals surface area (Å²) in [5.74, 6) is -1.70. The fourth-order valence-corrected chi connectivity index (χ4v) is 1.60. The number of anilines is 2. The van der Waals surface area contributed by atoms with Crippen molar-refractivity contribution in [3.63, 3.8) is 0 Å². The van der Waals surface area contributed by atoms with Crippen LogP contribution in [0.25, 0.3) is 0 Å². The molecule has 21 heavy (non-hydrogen) atoms. The van der Waals surface area contributed by atoms with Crippen LogP contribution in [0, 0.1) is 12.7 Å². The molecule has 0 bridgehead atoms. The van der Waals surface area contributed by atoms with E-state index in [1.807, 2.05) is 0 Å². The second-order valence-corrected chi connectivity index (χ2v) is 4.30. The summed E-state index contributed by atoms with van der Waals surface area (Å²) in [6, 6.07) is 6.42. The number of aryl methyl sites for hydroxylation is 1. The van der Waals surface area contributed by atoms with Gasteiger partial charge in [0.25, 0.3) is 0 Å². The molecule has 0 aliphatic carbocycles. The maximum absolute atomic E-state index is 13.6. The zero-order chi connectivity index (χ0) is 15.4. The average molecular weight is 289 g/mol. The highest BCUT2D eigenvalue weighted by Gasteiger charge is 2.08. The summed E-state index contributed by atoms with van der Waals surface area (Å²) >= 11 is 0. The van der Waals surface area contributed by atoms with Crippen LogP contribution in [0.5, 0.6) is 0 Å². The summed E-state index contributed by atoms with van der Waals surface area (Å²) in [5.41, 5.74) is 0.954. The first-order valence-corrected chi connectivity index (χ1v) is 5.99. The number of carboxylic acids is 1. The van der Waals surface area contributed by atoms with Gasteiger partial charge in [0.1, 0.15) is 11.5 Å². The highest BCUT2D eigenvalue weighted by Crippen LogP contribution is 2.15. The van der Waals surface area contributed by atoms with Crippen molar-refractivity contribution >= 4 is 23.4 Å². The van der Waals surface area contributed by atoms with E-state index in [2.05, 4.69) is 15.6 Å². The highest BCUT2D eigenvalue weighted by atomic mass is 19.1. The molecule has 1 heterocycles. The number of carboxylic acid groups (broad SMARTS) is 1. The van der Waals surface area contributed by atoms with Gasteiger partial charge in [0.05, 0.1) is 17.6 Å². The van der Waals surface area contributed by atoms with E-state index in [0.717, 1.165) is 5.56 Å². The Labute approximate surface area is 119 Å². The van der Waals surface area contributed by atoms with Gasteiger partial charge in [-0.2, -0.15) is 0 Å². The quantitative estimate of drug-likeness (QED) is 0.810. The van der Waals surface area contributed by atoms with Gasteiger partial charge in [0, 0.05) is 0 Å². The molecule has 1 aromatic heterocycles. The lowest BCUT2D eigenvalue weighted by Crippen LogP contribution is -2.20. The minimum absolute atomic E-state index is 0.0493. The number of nitrogens with zero attached hydrogens (tertiary/aromatic N) is 1. The van der Waals surface area contributed by atoms with Gasteiger partial charge in [-0.1, -0.05) is 6.07 Å². The fourth-order valence-electron chi connectivity index (χ4n) is 1.60. The van der Waals surface area contributed by atoms with E-state index in [1.54, 1.807) is 13.0 Å². The van der Waals surface area contributed by atoms with Crippen LogP contribution in [0.4, 0.5) is 20.6 Å². The van der Waals surface area contributed by atoms with Crippen LogP contribution in [-0.4, -0.2) is 22.1 Å². The van der Waals surface area contributed by atoms with Crippen LogP contribution in [-0.2, 0) is 0 Å². The lowest BCUT2D eigenvalue weighted by Gasteiger charge is -2.08. The number of carbonyl (C=O) groups is 2. The molecule has 0 saturated carbocycles. The lowest BCUT2D eigenvalue weighted by atomic mass is 10.2. The zero-order valence-corrected chi connectivity index (χ0v) is 11.1. The summed E-state index contributed by atoms with van der Waals surface area (Å²) in [6.45, 7) is 1.74. The number of halogens is 1. The molecule has 7 heteroatoms. The van der Waals surface area contributed by atoms with Crippen LogP contribution in [0.15, 0.2) is 36.5 Å². The molecular formula is C14H12FN3O3. The average Bonchev–Trinajstić information content (AvgIpc) is 2.42. The van der Waals surface area contributed by atoms with Gasteiger partial charge in [0.15, 0.2) is 0 Å². The van der Waals surface area contributed by atoms with E-state index >= 15 is 0 Å². The molecule has 1 aromatic carbocycles. The van der Waals surface area contributed by atoms with Crippen LogP contribution in [0.3, 0.4) is 0 Å². The molecule has 6 nitrogen and oxygen atoms in total. The SMILES string of the molecule is Cc1ccc(NC(=O)Nc2ccc(C(=O)O)nc2)c(F)c1. The van der Waals surface area contributed by atoms with E-state index in [1.165, 1.54) is 30.5 Å². The maximum Gasteiger partial charge on any atom is 0.354 e. The topological polar surface area (TPSA) is 91.3 Å². The molecule has 0 radical (unpaired) electrons. The first-order chi connectivity index (χ1) is 9.95. The number of carbonyl (C=O) groups excluding carboxylic acids is 1. The van der Waals surface area contributed by atoms with Crippen molar-refractivity contribution in [1.29, 1.82) is 0 Å². The van der Waals surface area contributed by atoms with Crippen LogP contribution >= 0.6 is 0 Å². The van der Waals surface area contributed by atoms with Gasteiger partial charge in [-0.05, 0) is 36.8 Å². The summed E-state index contributed by atoms with van der Waals surface area (Å²) < 4.78 is 13.6. The van der Waals surface area contributed by atoms with Crippen molar-refractivity contribution < 1.29 is 19.1 Å². The number of rotatable bonds is 3. The summed E-state index contributed by atoms with van der Waals surface area (Å²) in [4.78, 5) is 26.0.